The average molecular weight is 412 g/mol. The van der Waals surface area contributed by atoms with Gasteiger partial charge in [0.1, 0.15) is 0 Å². The first-order chi connectivity index (χ1) is 14.0. The van der Waals surface area contributed by atoms with Gasteiger partial charge in [-0.15, -0.1) is 0 Å². The van der Waals surface area contributed by atoms with Crippen molar-refractivity contribution in [1.82, 2.24) is 14.9 Å². The van der Waals surface area contributed by atoms with E-state index in [9.17, 15) is 9.59 Å². The lowest BCUT2D eigenvalue weighted by Crippen LogP contribution is -2.27. The van der Waals surface area contributed by atoms with Crippen molar-refractivity contribution in [3.05, 3.63) is 74.8 Å². The molecular formula is C22H22ClN3O3. The Balaban J connectivity index is 1.58. The minimum atomic E-state index is -0.263. The molecule has 4 rings (SSSR count). The molecule has 7 heteroatoms. The molecule has 1 aliphatic heterocycles. The van der Waals surface area contributed by atoms with Crippen molar-refractivity contribution in [3.8, 4) is 0 Å². The molecule has 1 saturated heterocycles. The molecule has 1 aliphatic rings. The lowest BCUT2D eigenvalue weighted by Gasteiger charge is -2.13. The van der Waals surface area contributed by atoms with Crippen LogP contribution in [0, 0.1) is 6.92 Å². The third-order valence-corrected chi connectivity index (χ3v) is 5.43. The third-order valence-electron chi connectivity index (χ3n) is 5.18. The fourth-order valence-electron chi connectivity index (χ4n) is 3.57. The SMILES string of the molecule is Cc1nc2ccn(CC3CCCO3)c(=O)c2cc1C(=O)NCc1ccc(Cl)cc1. The summed E-state index contributed by atoms with van der Waals surface area (Å²) in [6, 6.07) is 10.7. The Bertz CT molecular complexity index is 1100. The summed E-state index contributed by atoms with van der Waals surface area (Å²) in [6.45, 7) is 3.40. The van der Waals surface area contributed by atoms with Crippen LogP contribution in [0.1, 0.15) is 34.5 Å². The quantitative estimate of drug-likeness (QED) is 0.697. The normalized spacial score (nSPS) is 16.3. The number of fused-ring (bicyclic) bond motifs is 1. The summed E-state index contributed by atoms with van der Waals surface area (Å²) < 4.78 is 7.28. The number of nitrogens with one attached hydrogen (secondary N) is 1. The van der Waals surface area contributed by atoms with Gasteiger partial charge in [0, 0.05) is 24.4 Å². The van der Waals surface area contributed by atoms with Crippen molar-refractivity contribution >= 4 is 28.4 Å². The third kappa shape index (κ3) is 4.33. The van der Waals surface area contributed by atoms with E-state index in [0.717, 1.165) is 25.0 Å². The van der Waals surface area contributed by atoms with Crippen LogP contribution in [0.25, 0.3) is 10.9 Å². The Morgan fingerprint density at radius 1 is 1.31 bits per heavy atom. The number of ether oxygens (including phenoxy) is 1. The van der Waals surface area contributed by atoms with E-state index in [1.807, 2.05) is 18.2 Å². The number of aryl methyl sites for hydroxylation is 1. The van der Waals surface area contributed by atoms with Gasteiger partial charge in [0.2, 0.25) is 0 Å². The lowest BCUT2D eigenvalue weighted by atomic mass is 10.1. The zero-order valence-electron chi connectivity index (χ0n) is 16.2. The molecular weight excluding hydrogens is 390 g/mol. The minimum absolute atomic E-state index is 0.0608. The van der Waals surface area contributed by atoms with Crippen LogP contribution >= 0.6 is 11.6 Å². The maximum Gasteiger partial charge on any atom is 0.260 e. The second-order valence-corrected chi connectivity index (χ2v) is 7.71. The van der Waals surface area contributed by atoms with Gasteiger partial charge < -0.3 is 14.6 Å². The van der Waals surface area contributed by atoms with Crippen molar-refractivity contribution in [2.24, 2.45) is 0 Å². The molecule has 150 valence electrons. The van der Waals surface area contributed by atoms with E-state index in [1.54, 1.807) is 35.9 Å². The van der Waals surface area contributed by atoms with Gasteiger partial charge in [-0.2, -0.15) is 0 Å². The second kappa shape index (κ2) is 8.35. The molecule has 0 radical (unpaired) electrons. The summed E-state index contributed by atoms with van der Waals surface area (Å²) in [5, 5.41) is 3.97. The average Bonchev–Trinajstić information content (AvgIpc) is 3.22. The number of benzene rings is 1. The summed E-state index contributed by atoms with van der Waals surface area (Å²) in [5.74, 6) is -0.263. The number of aromatic nitrogens is 2. The molecule has 1 atom stereocenters. The molecule has 0 saturated carbocycles. The van der Waals surface area contributed by atoms with E-state index in [0.29, 0.717) is 40.3 Å². The number of nitrogens with zero attached hydrogens (tertiary/aromatic N) is 2. The van der Waals surface area contributed by atoms with Crippen molar-refractivity contribution in [2.45, 2.75) is 39.0 Å². The van der Waals surface area contributed by atoms with Crippen LogP contribution in [-0.4, -0.2) is 28.2 Å². The molecule has 1 fully saturated rings. The number of rotatable bonds is 5. The molecule has 0 aliphatic carbocycles. The highest BCUT2D eigenvalue weighted by Gasteiger charge is 2.18. The number of hydrogen-bond donors (Lipinski definition) is 1. The van der Waals surface area contributed by atoms with Gasteiger partial charge in [0.15, 0.2) is 0 Å². The zero-order valence-corrected chi connectivity index (χ0v) is 16.9. The molecule has 6 nitrogen and oxygen atoms in total. The summed E-state index contributed by atoms with van der Waals surface area (Å²) in [5.41, 5.74) is 2.36. The smallest absolute Gasteiger partial charge is 0.260 e. The number of hydrogen-bond acceptors (Lipinski definition) is 4. The standard InChI is InChI=1S/C22H22ClN3O3/c1-14-18(21(27)24-12-15-4-6-16(23)7-5-15)11-19-20(25-14)8-9-26(22(19)28)13-17-3-2-10-29-17/h4-9,11,17H,2-3,10,12-13H2,1H3,(H,24,27). The van der Waals surface area contributed by atoms with E-state index in [2.05, 4.69) is 10.3 Å². The van der Waals surface area contributed by atoms with Gasteiger partial charge in [0.25, 0.3) is 11.5 Å². The molecule has 2 aromatic heterocycles. The van der Waals surface area contributed by atoms with E-state index in [-0.39, 0.29) is 17.6 Å². The van der Waals surface area contributed by atoms with Gasteiger partial charge in [-0.25, -0.2) is 0 Å². The van der Waals surface area contributed by atoms with Gasteiger partial charge >= 0.3 is 0 Å². The monoisotopic (exact) mass is 411 g/mol. The highest BCUT2D eigenvalue weighted by Crippen LogP contribution is 2.17. The first-order valence-corrected chi connectivity index (χ1v) is 10.0. The highest BCUT2D eigenvalue weighted by molar-refractivity contribution is 6.30. The predicted molar refractivity (Wildman–Crippen MR) is 112 cm³/mol. The first-order valence-electron chi connectivity index (χ1n) is 9.66. The Labute approximate surface area is 173 Å². The number of amides is 1. The van der Waals surface area contributed by atoms with Crippen molar-refractivity contribution < 1.29 is 9.53 Å². The van der Waals surface area contributed by atoms with E-state index < -0.39 is 0 Å². The van der Waals surface area contributed by atoms with Gasteiger partial charge in [-0.05, 0) is 49.6 Å². The molecule has 0 bridgehead atoms. The summed E-state index contributed by atoms with van der Waals surface area (Å²) in [6.07, 6.45) is 3.78. The second-order valence-electron chi connectivity index (χ2n) is 7.27. The Morgan fingerprint density at radius 3 is 2.83 bits per heavy atom. The number of halogens is 1. The van der Waals surface area contributed by atoms with Crippen molar-refractivity contribution in [3.63, 3.8) is 0 Å². The van der Waals surface area contributed by atoms with E-state index in [1.165, 1.54) is 0 Å². The maximum absolute atomic E-state index is 12.9. The Kier molecular flexibility index (Phi) is 5.65. The molecule has 0 spiro atoms. The zero-order chi connectivity index (χ0) is 20.4. The van der Waals surface area contributed by atoms with Crippen molar-refractivity contribution in [2.75, 3.05) is 6.61 Å². The molecule has 3 aromatic rings. The van der Waals surface area contributed by atoms with Crippen molar-refractivity contribution in [1.29, 1.82) is 0 Å². The minimum Gasteiger partial charge on any atom is -0.376 e. The molecule has 1 N–H and O–H groups in total. The topological polar surface area (TPSA) is 73.2 Å². The lowest BCUT2D eigenvalue weighted by molar-refractivity contribution is 0.0948. The largest absolute Gasteiger partial charge is 0.376 e. The van der Waals surface area contributed by atoms with Gasteiger partial charge in [-0.1, -0.05) is 23.7 Å². The van der Waals surface area contributed by atoms with Crippen LogP contribution in [0.3, 0.4) is 0 Å². The Hall–Kier alpha value is -2.70. The highest BCUT2D eigenvalue weighted by atomic mass is 35.5. The summed E-state index contributed by atoms with van der Waals surface area (Å²) in [7, 11) is 0. The van der Waals surface area contributed by atoms with Crippen LogP contribution in [0.15, 0.2) is 47.4 Å². The molecule has 3 heterocycles. The first kappa shape index (κ1) is 19.6. The van der Waals surface area contributed by atoms with E-state index in [4.69, 9.17) is 16.3 Å². The summed E-state index contributed by atoms with van der Waals surface area (Å²) >= 11 is 5.89. The molecule has 1 amide bonds. The van der Waals surface area contributed by atoms with Crippen LogP contribution in [0.4, 0.5) is 0 Å². The fourth-order valence-corrected chi connectivity index (χ4v) is 3.69. The van der Waals surface area contributed by atoms with Gasteiger partial charge in [0.05, 0.1) is 34.8 Å². The molecule has 1 unspecified atom stereocenters. The maximum atomic E-state index is 12.9. The number of pyridine rings is 2. The van der Waals surface area contributed by atoms with Crippen LogP contribution < -0.4 is 10.9 Å². The van der Waals surface area contributed by atoms with Gasteiger partial charge in [-0.3, -0.25) is 14.6 Å². The Morgan fingerprint density at radius 2 is 2.10 bits per heavy atom. The number of carbonyl (C=O) groups excluding carboxylic acids is 1. The molecule has 29 heavy (non-hydrogen) atoms. The number of carbonyl (C=O) groups is 1. The predicted octanol–water partition coefficient (Wildman–Crippen LogP) is 3.47. The van der Waals surface area contributed by atoms with Crippen LogP contribution in [0.2, 0.25) is 5.02 Å². The van der Waals surface area contributed by atoms with E-state index >= 15 is 0 Å². The summed E-state index contributed by atoms with van der Waals surface area (Å²) in [4.78, 5) is 30.1. The molecule has 1 aromatic carbocycles. The fraction of sp³-hybridized carbons (Fsp3) is 0.318. The van der Waals surface area contributed by atoms with Crippen LogP contribution in [0.5, 0.6) is 0 Å². The van der Waals surface area contributed by atoms with Crippen LogP contribution in [-0.2, 0) is 17.8 Å².